The van der Waals surface area contributed by atoms with Gasteiger partial charge in [-0.1, -0.05) is 0 Å². The maximum atomic E-state index is 10.9. The summed E-state index contributed by atoms with van der Waals surface area (Å²) in [4.78, 5) is 18.4. The molecule has 0 radical (unpaired) electrons. The van der Waals surface area contributed by atoms with Crippen molar-refractivity contribution in [3.63, 3.8) is 0 Å². The summed E-state index contributed by atoms with van der Waals surface area (Å²) in [6, 6.07) is 0. The predicted molar refractivity (Wildman–Crippen MR) is 69.4 cm³/mol. The zero-order valence-electron chi connectivity index (χ0n) is 11.1. The standard InChI is InChI=1S/C12H20N2O2S/c1-8-9(2)17-10(13-8)6-14(7-11(15)16)12(3,4)5/h6-7H2,1-5H3,(H,15,16). The Morgan fingerprint density at radius 2 is 2.00 bits per heavy atom. The van der Waals surface area contributed by atoms with E-state index in [1.54, 1.807) is 11.3 Å². The molecule has 1 aromatic heterocycles. The fourth-order valence-corrected chi connectivity index (χ4v) is 2.41. The molecule has 0 saturated carbocycles. The molecule has 1 heterocycles. The molecule has 1 N–H and O–H groups in total. The molecule has 0 aliphatic rings. The topological polar surface area (TPSA) is 53.4 Å². The highest BCUT2D eigenvalue weighted by Gasteiger charge is 2.24. The Hall–Kier alpha value is -0.940. The summed E-state index contributed by atoms with van der Waals surface area (Å²) in [6.45, 7) is 10.7. The second kappa shape index (κ2) is 5.14. The van der Waals surface area contributed by atoms with Gasteiger partial charge in [-0.25, -0.2) is 4.98 Å². The predicted octanol–water partition coefficient (Wildman–Crippen LogP) is 2.45. The Kier molecular flexibility index (Phi) is 4.27. The van der Waals surface area contributed by atoms with E-state index in [4.69, 9.17) is 5.11 Å². The molecule has 0 amide bonds. The second-order valence-corrected chi connectivity index (χ2v) is 6.46. The summed E-state index contributed by atoms with van der Waals surface area (Å²) in [7, 11) is 0. The van der Waals surface area contributed by atoms with Crippen LogP contribution in [0.2, 0.25) is 0 Å². The first-order valence-electron chi connectivity index (χ1n) is 5.60. The Bertz CT molecular complexity index is 388. The third kappa shape index (κ3) is 4.09. The molecule has 0 aliphatic carbocycles. The number of hydrogen-bond donors (Lipinski definition) is 1. The van der Waals surface area contributed by atoms with Crippen LogP contribution in [0, 0.1) is 13.8 Å². The number of aryl methyl sites for hydroxylation is 2. The monoisotopic (exact) mass is 256 g/mol. The van der Waals surface area contributed by atoms with Gasteiger partial charge < -0.3 is 5.11 Å². The molecular weight excluding hydrogens is 236 g/mol. The van der Waals surface area contributed by atoms with Crippen LogP contribution in [-0.4, -0.2) is 33.0 Å². The quantitative estimate of drug-likeness (QED) is 0.899. The van der Waals surface area contributed by atoms with E-state index in [0.717, 1.165) is 10.7 Å². The number of rotatable bonds is 4. The van der Waals surface area contributed by atoms with E-state index >= 15 is 0 Å². The summed E-state index contributed by atoms with van der Waals surface area (Å²) in [5, 5.41) is 9.91. The van der Waals surface area contributed by atoms with Crippen molar-refractivity contribution in [3.05, 3.63) is 15.6 Å². The van der Waals surface area contributed by atoms with E-state index < -0.39 is 5.97 Å². The molecule has 0 aromatic carbocycles. The Balaban J connectivity index is 2.82. The van der Waals surface area contributed by atoms with Crippen LogP contribution in [-0.2, 0) is 11.3 Å². The number of nitrogens with zero attached hydrogens (tertiary/aromatic N) is 2. The summed E-state index contributed by atoms with van der Waals surface area (Å²) in [5.41, 5.74) is 0.862. The fourth-order valence-electron chi connectivity index (χ4n) is 1.46. The van der Waals surface area contributed by atoms with Gasteiger partial charge in [-0.15, -0.1) is 11.3 Å². The molecule has 17 heavy (non-hydrogen) atoms. The molecule has 0 atom stereocenters. The lowest BCUT2D eigenvalue weighted by Gasteiger charge is -2.33. The molecule has 1 rings (SSSR count). The molecule has 0 aliphatic heterocycles. The van der Waals surface area contributed by atoms with Gasteiger partial charge in [-0.3, -0.25) is 9.69 Å². The largest absolute Gasteiger partial charge is 0.480 e. The maximum Gasteiger partial charge on any atom is 0.317 e. The van der Waals surface area contributed by atoms with Gasteiger partial charge in [0.15, 0.2) is 0 Å². The lowest BCUT2D eigenvalue weighted by Crippen LogP contribution is -2.43. The van der Waals surface area contributed by atoms with Crippen LogP contribution < -0.4 is 0 Å². The number of hydrogen-bond acceptors (Lipinski definition) is 4. The van der Waals surface area contributed by atoms with Crippen molar-refractivity contribution in [1.82, 2.24) is 9.88 Å². The lowest BCUT2D eigenvalue weighted by molar-refractivity contribution is -0.139. The van der Waals surface area contributed by atoms with Crippen LogP contribution in [0.4, 0.5) is 0 Å². The molecule has 0 spiro atoms. The molecule has 5 heteroatoms. The molecule has 0 fully saturated rings. The van der Waals surface area contributed by atoms with E-state index in [1.807, 2.05) is 39.5 Å². The van der Waals surface area contributed by atoms with E-state index in [2.05, 4.69) is 4.98 Å². The van der Waals surface area contributed by atoms with Crippen LogP contribution >= 0.6 is 11.3 Å². The Morgan fingerprint density at radius 3 is 2.35 bits per heavy atom. The van der Waals surface area contributed by atoms with Gasteiger partial charge >= 0.3 is 5.97 Å². The van der Waals surface area contributed by atoms with Crippen molar-refractivity contribution in [2.45, 2.75) is 46.7 Å². The van der Waals surface area contributed by atoms with E-state index in [0.29, 0.717) is 6.54 Å². The summed E-state index contributed by atoms with van der Waals surface area (Å²) in [5.74, 6) is -0.801. The van der Waals surface area contributed by atoms with Crippen molar-refractivity contribution < 1.29 is 9.90 Å². The number of carboxylic acids is 1. The molecular formula is C12H20N2O2S. The second-order valence-electron chi connectivity index (χ2n) is 5.17. The van der Waals surface area contributed by atoms with Crippen LogP contribution in [0.3, 0.4) is 0 Å². The lowest BCUT2D eigenvalue weighted by atomic mass is 10.1. The molecule has 0 unspecified atom stereocenters. The number of carbonyl (C=O) groups is 1. The maximum absolute atomic E-state index is 10.9. The van der Waals surface area contributed by atoms with Gasteiger partial charge in [0.05, 0.1) is 18.8 Å². The number of aliphatic carboxylic acids is 1. The van der Waals surface area contributed by atoms with Gasteiger partial charge in [0.2, 0.25) is 0 Å². The first kappa shape index (κ1) is 14.1. The Morgan fingerprint density at radius 1 is 1.41 bits per heavy atom. The van der Waals surface area contributed by atoms with E-state index in [1.165, 1.54) is 4.88 Å². The smallest absolute Gasteiger partial charge is 0.317 e. The highest BCUT2D eigenvalue weighted by atomic mass is 32.1. The molecule has 0 saturated heterocycles. The van der Waals surface area contributed by atoms with Crippen molar-refractivity contribution >= 4 is 17.3 Å². The normalized spacial score (nSPS) is 12.1. The van der Waals surface area contributed by atoms with Gasteiger partial charge in [0.25, 0.3) is 0 Å². The molecule has 1 aromatic rings. The summed E-state index contributed by atoms with van der Waals surface area (Å²) < 4.78 is 0. The van der Waals surface area contributed by atoms with Crippen LogP contribution in [0.1, 0.15) is 36.3 Å². The van der Waals surface area contributed by atoms with Gasteiger partial charge in [-0.05, 0) is 34.6 Å². The third-order valence-corrected chi connectivity index (χ3v) is 3.73. The van der Waals surface area contributed by atoms with Crippen molar-refractivity contribution in [2.75, 3.05) is 6.54 Å². The first-order chi connectivity index (χ1) is 7.70. The summed E-state index contributed by atoms with van der Waals surface area (Å²) >= 11 is 1.64. The minimum atomic E-state index is -0.801. The SMILES string of the molecule is Cc1nc(CN(CC(=O)O)C(C)(C)C)sc1C. The van der Waals surface area contributed by atoms with Crippen molar-refractivity contribution in [3.8, 4) is 0 Å². The van der Waals surface area contributed by atoms with Crippen LogP contribution in [0.25, 0.3) is 0 Å². The number of aromatic nitrogens is 1. The highest BCUT2D eigenvalue weighted by molar-refractivity contribution is 7.11. The number of carboxylic acid groups (broad SMARTS) is 1. The van der Waals surface area contributed by atoms with Crippen molar-refractivity contribution in [2.24, 2.45) is 0 Å². The average Bonchev–Trinajstić information content (AvgIpc) is 2.42. The zero-order chi connectivity index (χ0) is 13.2. The average molecular weight is 256 g/mol. The van der Waals surface area contributed by atoms with Crippen LogP contribution in [0.5, 0.6) is 0 Å². The van der Waals surface area contributed by atoms with Crippen LogP contribution in [0.15, 0.2) is 0 Å². The summed E-state index contributed by atoms with van der Waals surface area (Å²) in [6.07, 6.45) is 0. The fraction of sp³-hybridized carbons (Fsp3) is 0.667. The van der Waals surface area contributed by atoms with Crippen molar-refractivity contribution in [1.29, 1.82) is 0 Å². The minimum Gasteiger partial charge on any atom is -0.480 e. The van der Waals surface area contributed by atoms with Gasteiger partial charge in [0.1, 0.15) is 5.01 Å². The van der Waals surface area contributed by atoms with E-state index in [-0.39, 0.29) is 12.1 Å². The Labute approximate surface area is 106 Å². The number of thiazole rings is 1. The molecule has 0 bridgehead atoms. The molecule has 4 nitrogen and oxygen atoms in total. The first-order valence-corrected chi connectivity index (χ1v) is 6.41. The molecule has 96 valence electrons. The van der Waals surface area contributed by atoms with Gasteiger partial charge in [-0.2, -0.15) is 0 Å². The zero-order valence-corrected chi connectivity index (χ0v) is 11.9. The van der Waals surface area contributed by atoms with Gasteiger partial charge in [0, 0.05) is 10.4 Å². The minimum absolute atomic E-state index is 0.0428. The third-order valence-electron chi connectivity index (χ3n) is 2.67. The van der Waals surface area contributed by atoms with E-state index in [9.17, 15) is 4.79 Å². The highest BCUT2D eigenvalue weighted by Crippen LogP contribution is 2.22.